The Bertz CT molecular complexity index is 282. The summed E-state index contributed by atoms with van der Waals surface area (Å²) in [5.74, 6) is -0.573. The van der Waals surface area contributed by atoms with E-state index in [1.165, 1.54) is 0 Å². The monoisotopic (exact) mass is 254 g/mol. The molecule has 96 valence electrons. The van der Waals surface area contributed by atoms with Gasteiger partial charge in [-0.1, -0.05) is 13.5 Å². The molecule has 0 aromatic heterocycles. The molecule has 2 N–H and O–H groups in total. The van der Waals surface area contributed by atoms with E-state index in [2.05, 4.69) is 11.3 Å². The fraction of sp³-hybridized carbons (Fsp3) is 0.667. The van der Waals surface area contributed by atoms with Crippen LogP contribution in [0.5, 0.6) is 0 Å². The van der Waals surface area contributed by atoms with Crippen molar-refractivity contribution in [2.75, 3.05) is 19.0 Å². The lowest BCUT2D eigenvalue weighted by Gasteiger charge is -1.96. The van der Waals surface area contributed by atoms with Gasteiger partial charge in [0, 0.05) is 19.1 Å². The Morgan fingerprint density at radius 2 is 2.06 bits per heavy atom. The Morgan fingerprint density at radius 1 is 1.50 bits per heavy atom. The topological polar surface area (TPSA) is 101 Å². The van der Waals surface area contributed by atoms with E-state index in [1.807, 2.05) is 0 Å². The molecule has 0 heterocycles. The zero-order valence-electron chi connectivity index (χ0n) is 9.26. The molecule has 0 radical (unpaired) electrons. The summed E-state index contributed by atoms with van der Waals surface area (Å²) in [7, 11) is -3.67. The Kier molecular flexibility index (Phi) is 11.6. The zero-order valence-corrected chi connectivity index (χ0v) is 10.1. The van der Waals surface area contributed by atoms with Crippen molar-refractivity contribution >= 4 is 16.1 Å². The molecule has 0 aromatic carbocycles. The lowest BCUT2D eigenvalue weighted by Crippen LogP contribution is -2.02. The first kappa shape index (κ1) is 17.5. The third-order valence-electron chi connectivity index (χ3n) is 1.18. The second kappa shape index (κ2) is 10.6. The highest BCUT2D eigenvalue weighted by Crippen LogP contribution is 1.83. The van der Waals surface area contributed by atoms with Crippen molar-refractivity contribution in [2.45, 2.75) is 19.8 Å². The highest BCUT2D eigenvalue weighted by atomic mass is 32.2. The first-order valence-electron chi connectivity index (χ1n) is 4.72. The minimum absolute atomic E-state index is 0.0461. The maximum absolute atomic E-state index is 10.3. The number of carbonyl (C=O) groups is 1. The van der Waals surface area contributed by atoms with Crippen LogP contribution in [0.15, 0.2) is 12.7 Å². The number of aliphatic hydroxyl groups is 1. The molecule has 0 fully saturated rings. The van der Waals surface area contributed by atoms with Crippen LogP contribution in [0, 0.1) is 0 Å². The predicted octanol–water partition coefficient (Wildman–Crippen LogP) is 0.382. The maximum atomic E-state index is 10.3. The van der Waals surface area contributed by atoms with Gasteiger partial charge in [-0.05, 0) is 6.42 Å². The van der Waals surface area contributed by atoms with E-state index in [0.717, 1.165) is 6.08 Å². The molecule has 0 amide bonds. The normalized spacial score (nSPS) is 9.94. The fourth-order valence-corrected chi connectivity index (χ4v) is 1.07. The van der Waals surface area contributed by atoms with Crippen molar-refractivity contribution in [3.8, 4) is 0 Å². The molecule has 0 aromatic rings. The van der Waals surface area contributed by atoms with E-state index in [-0.39, 0.29) is 19.0 Å². The summed E-state index contributed by atoms with van der Waals surface area (Å²) in [5.41, 5.74) is 0. The van der Waals surface area contributed by atoms with Crippen molar-refractivity contribution in [3.63, 3.8) is 0 Å². The Labute approximate surface area is 95.7 Å². The molecule has 0 saturated carbocycles. The van der Waals surface area contributed by atoms with E-state index < -0.39 is 16.1 Å². The van der Waals surface area contributed by atoms with Crippen molar-refractivity contribution in [1.29, 1.82) is 0 Å². The summed E-state index contributed by atoms with van der Waals surface area (Å²) in [4.78, 5) is 10.3. The molecule has 0 unspecified atom stereocenters. The van der Waals surface area contributed by atoms with Gasteiger partial charge in [0.25, 0.3) is 10.1 Å². The lowest BCUT2D eigenvalue weighted by atomic mass is 10.5. The van der Waals surface area contributed by atoms with Crippen LogP contribution in [0.1, 0.15) is 19.8 Å². The zero-order chi connectivity index (χ0) is 13.0. The molecule has 0 atom stereocenters. The van der Waals surface area contributed by atoms with Crippen LogP contribution in [0.25, 0.3) is 0 Å². The quantitative estimate of drug-likeness (QED) is 0.307. The number of hydrogen-bond donors (Lipinski definition) is 2. The molecule has 6 nitrogen and oxygen atoms in total. The molecular weight excluding hydrogens is 236 g/mol. The number of rotatable bonds is 6. The SMILES string of the molecule is C=CC(=O)OCCCO.CCCS(=O)(=O)O. The summed E-state index contributed by atoms with van der Waals surface area (Å²) in [5, 5.41) is 8.23. The Morgan fingerprint density at radius 3 is 2.31 bits per heavy atom. The molecule has 0 spiro atoms. The van der Waals surface area contributed by atoms with Crippen LogP contribution in [0.2, 0.25) is 0 Å². The van der Waals surface area contributed by atoms with Gasteiger partial charge < -0.3 is 9.84 Å². The average Bonchev–Trinajstić information content (AvgIpc) is 2.17. The van der Waals surface area contributed by atoms with Crippen LogP contribution < -0.4 is 0 Å². The van der Waals surface area contributed by atoms with Crippen LogP contribution in [-0.2, 0) is 19.6 Å². The van der Waals surface area contributed by atoms with E-state index in [4.69, 9.17) is 9.66 Å². The van der Waals surface area contributed by atoms with Gasteiger partial charge in [0.2, 0.25) is 0 Å². The number of carbonyl (C=O) groups excluding carboxylic acids is 1. The summed E-state index contributed by atoms with van der Waals surface area (Å²) < 4.78 is 32.1. The maximum Gasteiger partial charge on any atom is 0.330 e. The smallest absolute Gasteiger partial charge is 0.330 e. The van der Waals surface area contributed by atoms with Gasteiger partial charge in [-0.3, -0.25) is 4.55 Å². The first-order valence-corrected chi connectivity index (χ1v) is 6.33. The fourth-order valence-electron chi connectivity index (χ4n) is 0.554. The first-order chi connectivity index (χ1) is 7.37. The average molecular weight is 254 g/mol. The molecule has 7 heteroatoms. The third kappa shape index (κ3) is 18.8. The molecule has 0 saturated heterocycles. The van der Waals surface area contributed by atoms with E-state index in [9.17, 15) is 13.2 Å². The van der Waals surface area contributed by atoms with Gasteiger partial charge in [0.1, 0.15) is 0 Å². The Hall–Kier alpha value is -0.920. The van der Waals surface area contributed by atoms with Gasteiger partial charge in [-0.2, -0.15) is 8.42 Å². The van der Waals surface area contributed by atoms with E-state index in [1.54, 1.807) is 6.92 Å². The highest BCUT2D eigenvalue weighted by Gasteiger charge is 1.98. The summed E-state index contributed by atoms with van der Waals surface area (Å²) in [6.07, 6.45) is 2.05. The van der Waals surface area contributed by atoms with Gasteiger partial charge in [-0.25, -0.2) is 4.79 Å². The molecule has 0 bridgehead atoms. The van der Waals surface area contributed by atoms with Gasteiger partial charge in [0.15, 0.2) is 0 Å². The number of esters is 1. The molecule has 0 aliphatic carbocycles. The van der Waals surface area contributed by atoms with Crippen molar-refractivity contribution in [2.24, 2.45) is 0 Å². The van der Waals surface area contributed by atoms with E-state index >= 15 is 0 Å². The van der Waals surface area contributed by atoms with Crippen LogP contribution in [0.4, 0.5) is 0 Å². The number of ether oxygens (including phenoxy) is 1. The molecule has 0 aliphatic heterocycles. The predicted molar refractivity (Wildman–Crippen MR) is 59.6 cm³/mol. The minimum Gasteiger partial charge on any atom is -0.462 e. The van der Waals surface area contributed by atoms with Gasteiger partial charge in [0.05, 0.1) is 12.4 Å². The largest absolute Gasteiger partial charge is 0.462 e. The van der Waals surface area contributed by atoms with Crippen molar-refractivity contribution in [1.82, 2.24) is 0 Å². The van der Waals surface area contributed by atoms with Crippen molar-refractivity contribution in [3.05, 3.63) is 12.7 Å². The van der Waals surface area contributed by atoms with Crippen LogP contribution in [-0.4, -0.2) is 43.0 Å². The van der Waals surface area contributed by atoms with Gasteiger partial charge in [-0.15, -0.1) is 0 Å². The molecule has 16 heavy (non-hydrogen) atoms. The summed E-state index contributed by atoms with van der Waals surface area (Å²) >= 11 is 0. The Balaban J connectivity index is 0. The van der Waals surface area contributed by atoms with Gasteiger partial charge >= 0.3 is 5.97 Å². The summed E-state index contributed by atoms with van der Waals surface area (Å²) in [6, 6.07) is 0. The number of hydrogen-bond acceptors (Lipinski definition) is 5. The molecule has 0 rings (SSSR count). The van der Waals surface area contributed by atoms with Crippen LogP contribution >= 0.6 is 0 Å². The second-order valence-corrected chi connectivity index (χ2v) is 4.31. The standard InChI is InChI=1S/C6H10O3.C3H8O3S/c1-2-6(8)9-5-3-4-7;1-2-3-7(4,5)6/h2,7H,1,3-5H2;2-3H2,1H3,(H,4,5,6). The number of aliphatic hydroxyl groups excluding tert-OH is 1. The van der Waals surface area contributed by atoms with E-state index in [0.29, 0.717) is 12.8 Å². The molecular formula is C9H18O6S. The lowest BCUT2D eigenvalue weighted by molar-refractivity contribution is -0.137. The molecule has 0 aliphatic rings. The second-order valence-electron chi connectivity index (χ2n) is 2.73. The summed E-state index contributed by atoms with van der Waals surface area (Å²) in [6.45, 7) is 5.20. The van der Waals surface area contributed by atoms with Crippen molar-refractivity contribution < 1.29 is 27.6 Å². The third-order valence-corrected chi connectivity index (χ3v) is 2.10. The van der Waals surface area contributed by atoms with Crippen LogP contribution in [0.3, 0.4) is 0 Å². The highest BCUT2D eigenvalue weighted by molar-refractivity contribution is 7.85. The minimum atomic E-state index is -3.67.